The summed E-state index contributed by atoms with van der Waals surface area (Å²) in [4.78, 5) is 10.8. The monoisotopic (exact) mass is 302 g/mol. The van der Waals surface area contributed by atoms with E-state index >= 15 is 0 Å². The molecule has 5 heteroatoms. The minimum atomic E-state index is -0.906. The van der Waals surface area contributed by atoms with E-state index in [1.807, 2.05) is 0 Å². The second kappa shape index (κ2) is 4.96. The number of hydrogen-bond donors (Lipinski definition) is 2. The molecule has 1 aromatic rings. The van der Waals surface area contributed by atoms with Gasteiger partial charge in [0, 0.05) is 11.0 Å². The van der Waals surface area contributed by atoms with Crippen LogP contribution in [0.5, 0.6) is 11.5 Å². The topological polar surface area (TPSA) is 66.8 Å². The number of hydrogen-bond acceptors (Lipinski definition) is 3. The van der Waals surface area contributed by atoms with E-state index in [2.05, 4.69) is 15.9 Å². The summed E-state index contributed by atoms with van der Waals surface area (Å²) >= 11 is 3.26. The van der Waals surface area contributed by atoms with Crippen LogP contribution in [0.1, 0.15) is 25.8 Å². The van der Waals surface area contributed by atoms with Crippen molar-refractivity contribution < 1.29 is 19.7 Å². The number of rotatable bonds is 4. The van der Waals surface area contributed by atoms with Crippen LogP contribution < -0.4 is 4.74 Å². The number of carboxylic acids is 1. The fourth-order valence-electron chi connectivity index (χ4n) is 1.76. The highest BCUT2D eigenvalue weighted by molar-refractivity contribution is 9.10. The average Bonchev–Trinajstić information content (AvgIpc) is 2.15. The molecule has 0 aromatic heterocycles. The Hall–Kier alpha value is -1.23. The minimum Gasteiger partial charge on any atom is -0.504 e. The summed E-state index contributed by atoms with van der Waals surface area (Å²) in [7, 11) is 1.45. The number of phenols is 1. The van der Waals surface area contributed by atoms with Crippen LogP contribution in [0.4, 0.5) is 0 Å². The molecule has 0 saturated heterocycles. The molecule has 1 rings (SSSR count). The highest BCUT2D eigenvalue weighted by Crippen LogP contribution is 2.43. The Morgan fingerprint density at radius 2 is 2.06 bits per heavy atom. The maximum absolute atomic E-state index is 10.8. The van der Waals surface area contributed by atoms with Crippen molar-refractivity contribution in [3.8, 4) is 11.5 Å². The van der Waals surface area contributed by atoms with Crippen LogP contribution in [-0.4, -0.2) is 23.3 Å². The molecule has 2 N–H and O–H groups in total. The normalized spacial score (nSPS) is 11.3. The van der Waals surface area contributed by atoms with Gasteiger partial charge < -0.3 is 14.9 Å². The standard InChI is InChI=1S/C12H15BrO4/c1-12(2,6-9(14)15)7-4-5-8(13)11(17-3)10(7)16/h4-5,16H,6H2,1-3H3,(H,14,15). The highest BCUT2D eigenvalue weighted by Gasteiger charge is 2.29. The van der Waals surface area contributed by atoms with Crippen molar-refractivity contribution in [2.75, 3.05) is 7.11 Å². The Morgan fingerprint density at radius 3 is 2.53 bits per heavy atom. The Balaban J connectivity index is 3.27. The molecular weight excluding hydrogens is 288 g/mol. The van der Waals surface area contributed by atoms with E-state index in [9.17, 15) is 9.90 Å². The van der Waals surface area contributed by atoms with Crippen molar-refractivity contribution in [1.82, 2.24) is 0 Å². The molecule has 4 nitrogen and oxygen atoms in total. The SMILES string of the molecule is COc1c(Br)ccc(C(C)(C)CC(=O)O)c1O. The highest BCUT2D eigenvalue weighted by atomic mass is 79.9. The van der Waals surface area contributed by atoms with Gasteiger partial charge in [-0.05, 0) is 22.0 Å². The van der Waals surface area contributed by atoms with Crippen molar-refractivity contribution in [2.24, 2.45) is 0 Å². The maximum atomic E-state index is 10.8. The van der Waals surface area contributed by atoms with Gasteiger partial charge in [-0.25, -0.2) is 0 Å². The third-order valence-corrected chi connectivity index (χ3v) is 3.23. The lowest BCUT2D eigenvalue weighted by atomic mass is 9.81. The maximum Gasteiger partial charge on any atom is 0.304 e. The molecule has 0 spiro atoms. The van der Waals surface area contributed by atoms with Crippen LogP contribution in [0.15, 0.2) is 16.6 Å². The number of methoxy groups -OCH3 is 1. The van der Waals surface area contributed by atoms with Gasteiger partial charge in [-0.2, -0.15) is 0 Å². The van der Waals surface area contributed by atoms with E-state index in [1.165, 1.54) is 7.11 Å². The molecule has 0 atom stereocenters. The van der Waals surface area contributed by atoms with Gasteiger partial charge in [-0.1, -0.05) is 19.9 Å². The molecular formula is C12H15BrO4. The molecule has 0 unspecified atom stereocenters. The van der Waals surface area contributed by atoms with Crippen LogP contribution >= 0.6 is 15.9 Å². The van der Waals surface area contributed by atoms with Gasteiger partial charge in [0.1, 0.15) is 0 Å². The lowest BCUT2D eigenvalue weighted by Crippen LogP contribution is -2.21. The summed E-state index contributed by atoms with van der Waals surface area (Å²) < 4.78 is 5.70. The van der Waals surface area contributed by atoms with Gasteiger partial charge in [-0.3, -0.25) is 4.79 Å². The molecule has 0 aliphatic carbocycles. The summed E-state index contributed by atoms with van der Waals surface area (Å²) in [5.41, 5.74) is -0.107. The predicted molar refractivity (Wildman–Crippen MR) is 67.6 cm³/mol. The molecule has 0 aliphatic rings. The van der Waals surface area contributed by atoms with Crippen molar-refractivity contribution in [3.63, 3.8) is 0 Å². The van der Waals surface area contributed by atoms with Gasteiger partial charge in [0.2, 0.25) is 0 Å². The minimum absolute atomic E-state index is 0.0203. The van der Waals surface area contributed by atoms with Gasteiger partial charge >= 0.3 is 5.97 Å². The first-order chi connectivity index (χ1) is 7.79. The van der Waals surface area contributed by atoms with E-state index in [0.29, 0.717) is 15.8 Å². The van der Waals surface area contributed by atoms with Gasteiger partial charge in [0.05, 0.1) is 18.0 Å². The fourth-order valence-corrected chi connectivity index (χ4v) is 2.24. The zero-order chi connectivity index (χ0) is 13.2. The zero-order valence-electron chi connectivity index (χ0n) is 9.95. The van der Waals surface area contributed by atoms with Crippen LogP contribution in [0.2, 0.25) is 0 Å². The first-order valence-electron chi connectivity index (χ1n) is 5.07. The third kappa shape index (κ3) is 2.91. The van der Waals surface area contributed by atoms with Crippen LogP contribution in [0, 0.1) is 0 Å². The number of halogens is 1. The fraction of sp³-hybridized carbons (Fsp3) is 0.417. The molecule has 0 saturated carbocycles. The summed E-state index contributed by atoms with van der Waals surface area (Å²) in [5, 5.41) is 18.9. The Kier molecular flexibility index (Phi) is 4.03. The second-order valence-electron chi connectivity index (χ2n) is 4.43. The molecule has 0 radical (unpaired) electrons. The molecule has 94 valence electrons. The molecule has 0 amide bonds. The average molecular weight is 303 g/mol. The Bertz CT molecular complexity index is 440. The summed E-state index contributed by atoms with van der Waals surface area (Å²) in [5.74, 6) is -0.606. The van der Waals surface area contributed by atoms with E-state index < -0.39 is 11.4 Å². The number of aliphatic carboxylic acids is 1. The zero-order valence-corrected chi connectivity index (χ0v) is 11.5. The first kappa shape index (κ1) is 13.8. The molecule has 1 aromatic carbocycles. The van der Waals surface area contributed by atoms with E-state index in [4.69, 9.17) is 9.84 Å². The number of ether oxygens (including phenoxy) is 1. The lowest BCUT2D eigenvalue weighted by Gasteiger charge is -2.25. The van der Waals surface area contributed by atoms with Crippen molar-refractivity contribution in [1.29, 1.82) is 0 Å². The summed E-state index contributed by atoms with van der Waals surface area (Å²) in [6.07, 6.45) is -0.0641. The molecule has 0 bridgehead atoms. The molecule has 0 heterocycles. The Morgan fingerprint density at radius 1 is 1.47 bits per heavy atom. The van der Waals surface area contributed by atoms with Crippen molar-refractivity contribution in [3.05, 3.63) is 22.2 Å². The number of benzene rings is 1. The van der Waals surface area contributed by atoms with E-state index in [1.54, 1.807) is 26.0 Å². The molecule has 17 heavy (non-hydrogen) atoms. The van der Waals surface area contributed by atoms with Crippen molar-refractivity contribution >= 4 is 21.9 Å². The smallest absolute Gasteiger partial charge is 0.304 e. The van der Waals surface area contributed by atoms with Gasteiger partial charge in [0.25, 0.3) is 0 Å². The van der Waals surface area contributed by atoms with Crippen molar-refractivity contribution in [2.45, 2.75) is 25.7 Å². The Labute approximate surface area is 108 Å². The van der Waals surface area contributed by atoms with E-state index in [-0.39, 0.29) is 12.2 Å². The van der Waals surface area contributed by atoms with Crippen LogP contribution in [0.3, 0.4) is 0 Å². The van der Waals surface area contributed by atoms with E-state index in [0.717, 1.165) is 0 Å². The quantitative estimate of drug-likeness (QED) is 0.897. The first-order valence-corrected chi connectivity index (χ1v) is 5.86. The number of carboxylic acid groups (broad SMARTS) is 1. The predicted octanol–water partition coefficient (Wildman–Crippen LogP) is 2.92. The third-order valence-electron chi connectivity index (χ3n) is 2.61. The number of phenolic OH excluding ortho intramolecular Hbond substituents is 1. The number of carbonyl (C=O) groups is 1. The van der Waals surface area contributed by atoms with Gasteiger partial charge in [-0.15, -0.1) is 0 Å². The lowest BCUT2D eigenvalue weighted by molar-refractivity contribution is -0.138. The molecule has 0 aliphatic heterocycles. The van der Waals surface area contributed by atoms with Crippen LogP contribution in [-0.2, 0) is 10.2 Å². The van der Waals surface area contributed by atoms with Gasteiger partial charge in [0.15, 0.2) is 11.5 Å². The second-order valence-corrected chi connectivity index (χ2v) is 5.29. The number of aromatic hydroxyl groups is 1. The van der Waals surface area contributed by atoms with Crippen LogP contribution in [0.25, 0.3) is 0 Å². The summed E-state index contributed by atoms with van der Waals surface area (Å²) in [6, 6.07) is 3.43. The largest absolute Gasteiger partial charge is 0.504 e. The molecule has 0 fully saturated rings. The summed E-state index contributed by atoms with van der Waals surface area (Å²) in [6.45, 7) is 3.53.